The summed E-state index contributed by atoms with van der Waals surface area (Å²) >= 11 is 9.25. The second-order valence-electron chi connectivity index (χ2n) is 4.67. The summed E-state index contributed by atoms with van der Waals surface area (Å²) in [5.74, 6) is -1.15. The van der Waals surface area contributed by atoms with Gasteiger partial charge in [0.15, 0.2) is 0 Å². The van der Waals surface area contributed by atoms with E-state index in [1.54, 1.807) is 19.1 Å². The average Bonchev–Trinajstić information content (AvgIpc) is 2.54. The Morgan fingerprint density at radius 2 is 2.13 bits per heavy atom. The molecule has 1 aromatic rings. The molecule has 7 heteroatoms. The van der Waals surface area contributed by atoms with Crippen molar-refractivity contribution in [2.45, 2.75) is 12.8 Å². The van der Waals surface area contributed by atoms with Crippen LogP contribution in [0.25, 0.3) is 0 Å². The maximum Gasteiger partial charge on any atom is 0.338 e. The first-order chi connectivity index (χ1) is 11.0. The minimum absolute atomic E-state index is 0.0517. The van der Waals surface area contributed by atoms with Crippen molar-refractivity contribution in [2.24, 2.45) is 5.73 Å². The van der Waals surface area contributed by atoms with Crippen molar-refractivity contribution in [3.63, 3.8) is 0 Å². The fraction of sp³-hybridized carbons (Fsp3) is 0.250. The van der Waals surface area contributed by atoms with E-state index < -0.39 is 11.9 Å². The Morgan fingerprint density at radius 3 is 2.65 bits per heavy atom. The molecule has 2 N–H and O–H groups in total. The topological polar surface area (TPSA) is 85.3 Å². The monoisotopic (exact) mass is 396 g/mol. The van der Waals surface area contributed by atoms with Crippen LogP contribution in [-0.4, -0.2) is 18.5 Å². The second kappa shape index (κ2) is 7.53. The number of nitriles is 1. The highest BCUT2D eigenvalue weighted by atomic mass is 79.9. The van der Waals surface area contributed by atoms with Gasteiger partial charge >= 0.3 is 5.97 Å². The molecule has 1 atom stereocenters. The van der Waals surface area contributed by atoms with E-state index in [1.165, 1.54) is 0 Å². The highest BCUT2D eigenvalue weighted by molar-refractivity contribution is 9.10. The van der Waals surface area contributed by atoms with E-state index in [-0.39, 0.29) is 35.3 Å². The lowest BCUT2D eigenvalue weighted by Gasteiger charge is -2.27. The number of carbonyl (C=O) groups excluding carboxylic acids is 1. The van der Waals surface area contributed by atoms with Gasteiger partial charge in [0.2, 0.25) is 5.88 Å². The highest BCUT2D eigenvalue weighted by Gasteiger charge is 2.37. The molecule has 1 aliphatic rings. The van der Waals surface area contributed by atoms with Crippen molar-refractivity contribution >= 4 is 33.5 Å². The van der Waals surface area contributed by atoms with Gasteiger partial charge in [-0.2, -0.15) is 5.26 Å². The smallest absolute Gasteiger partial charge is 0.338 e. The Balaban J connectivity index is 2.63. The van der Waals surface area contributed by atoms with Gasteiger partial charge in [0.25, 0.3) is 0 Å². The predicted octanol–water partition coefficient (Wildman–Crippen LogP) is 3.31. The van der Waals surface area contributed by atoms with Gasteiger partial charge in [-0.15, -0.1) is 11.6 Å². The molecule has 1 aromatic carbocycles. The average molecular weight is 398 g/mol. The van der Waals surface area contributed by atoms with Crippen molar-refractivity contribution in [2.75, 3.05) is 12.5 Å². The lowest BCUT2D eigenvalue weighted by atomic mass is 9.83. The number of alkyl halides is 1. The van der Waals surface area contributed by atoms with Crippen molar-refractivity contribution in [3.8, 4) is 6.07 Å². The van der Waals surface area contributed by atoms with Crippen LogP contribution in [0.2, 0.25) is 0 Å². The van der Waals surface area contributed by atoms with Gasteiger partial charge < -0.3 is 15.2 Å². The van der Waals surface area contributed by atoms with Crippen molar-refractivity contribution in [1.29, 1.82) is 5.26 Å². The van der Waals surface area contributed by atoms with Gasteiger partial charge in [0.1, 0.15) is 17.4 Å². The van der Waals surface area contributed by atoms with Crippen molar-refractivity contribution < 1.29 is 14.3 Å². The number of esters is 1. The fourth-order valence-electron chi connectivity index (χ4n) is 2.34. The van der Waals surface area contributed by atoms with Gasteiger partial charge in [-0.25, -0.2) is 4.79 Å². The summed E-state index contributed by atoms with van der Waals surface area (Å²) in [4.78, 5) is 12.4. The third-order valence-corrected chi connectivity index (χ3v) is 4.09. The summed E-state index contributed by atoms with van der Waals surface area (Å²) in [5, 5.41) is 9.45. The summed E-state index contributed by atoms with van der Waals surface area (Å²) in [6.07, 6.45) is 0. The maximum atomic E-state index is 12.4. The standard InChI is InChI=1S/C16H14BrClN2O3/c1-2-22-16(21)14-12(7-18)23-15(20)11(8-19)13(14)9-3-5-10(17)6-4-9/h3-6,13H,2,7,20H2,1H3. The van der Waals surface area contributed by atoms with E-state index in [1.807, 2.05) is 18.2 Å². The number of halogens is 2. The minimum atomic E-state index is -0.672. The van der Waals surface area contributed by atoms with Gasteiger partial charge in [-0.1, -0.05) is 28.1 Å². The zero-order valence-corrected chi connectivity index (χ0v) is 14.6. The fourth-order valence-corrected chi connectivity index (χ4v) is 2.80. The molecule has 0 fully saturated rings. The molecule has 0 aromatic heterocycles. The molecule has 0 spiro atoms. The Labute approximate surface area is 147 Å². The third-order valence-electron chi connectivity index (χ3n) is 3.32. The maximum absolute atomic E-state index is 12.4. The first kappa shape index (κ1) is 17.4. The molecular weight excluding hydrogens is 384 g/mol. The molecule has 2 rings (SSSR count). The molecule has 0 saturated heterocycles. The Bertz CT molecular complexity index is 720. The first-order valence-corrected chi connectivity index (χ1v) is 8.15. The van der Waals surface area contributed by atoms with Crippen LogP contribution in [0.1, 0.15) is 18.4 Å². The number of allylic oxidation sites excluding steroid dienone is 2. The molecule has 1 unspecified atom stereocenters. The first-order valence-electron chi connectivity index (χ1n) is 6.82. The number of hydrogen-bond donors (Lipinski definition) is 1. The van der Waals surface area contributed by atoms with Crippen molar-refractivity contribution in [3.05, 3.63) is 57.1 Å². The Morgan fingerprint density at radius 1 is 1.48 bits per heavy atom. The Kier molecular flexibility index (Phi) is 5.69. The van der Waals surface area contributed by atoms with Crippen molar-refractivity contribution in [1.82, 2.24) is 0 Å². The second-order valence-corrected chi connectivity index (χ2v) is 5.85. The van der Waals surface area contributed by atoms with Crippen LogP contribution in [0.4, 0.5) is 0 Å². The number of hydrogen-bond acceptors (Lipinski definition) is 5. The number of nitrogens with zero attached hydrogens (tertiary/aromatic N) is 1. The summed E-state index contributed by atoms with van der Waals surface area (Å²) in [6, 6.07) is 9.26. The molecular formula is C16H14BrClN2O3. The van der Waals surface area contributed by atoms with E-state index >= 15 is 0 Å². The van der Waals surface area contributed by atoms with E-state index in [4.69, 9.17) is 26.8 Å². The summed E-state index contributed by atoms with van der Waals surface area (Å²) in [5.41, 5.74) is 6.91. The van der Waals surface area contributed by atoms with E-state index in [0.717, 1.165) is 10.0 Å². The SMILES string of the molecule is CCOC(=O)C1=C(CCl)OC(N)=C(C#N)C1c1ccc(Br)cc1. The van der Waals surface area contributed by atoms with Crippen LogP contribution < -0.4 is 5.73 Å². The number of ether oxygens (including phenoxy) is 2. The predicted molar refractivity (Wildman–Crippen MR) is 89.2 cm³/mol. The quantitative estimate of drug-likeness (QED) is 0.622. The summed E-state index contributed by atoms with van der Waals surface area (Å²) in [7, 11) is 0. The van der Waals surface area contributed by atoms with Crippen LogP contribution in [0, 0.1) is 11.3 Å². The number of nitrogens with two attached hydrogens (primary N) is 1. The molecule has 120 valence electrons. The molecule has 5 nitrogen and oxygen atoms in total. The van der Waals surface area contributed by atoms with Gasteiger partial charge in [0.05, 0.1) is 24.0 Å². The van der Waals surface area contributed by atoms with Crippen LogP contribution in [0.15, 0.2) is 51.5 Å². The molecule has 0 amide bonds. The molecule has 0 radical (unpaired) electrons. The van der Waals surface area contributed by atoms with Crippen LogP contribution in [0.3, 0.4) is 0 Å². The molecule has 0 aliphatic carbocycles. The molecule has 0 saturated carbocycles. The number of carbonyl (C=O) groups is 1. The number of benzene rings is 1. The van der Waals surface area contributed by atoms with E-state index in [2.05, 4.69) is 15.9 Å². The Hall–Kier alpha value is -1.97. The van der Waals surface area contributed by atoms with Crippen LogP contribution >= 0.6 is 27.5 Å². The van der Waals surface area contributed by atoms with Gasteiger partial charge in [0, 0.05) is 4.47 Å². The minimum Gasteiger partial charge on any atom is -0.463 e. The number of rotatable bonds is 4. The molecule has 1 aliphatic heterocycles. The zero-order valence-electron chi connectivity index (χ0n) is 12.3. The van der Waals surface area contributed by atoms with E-state index in [0.29, 0.717) is 0 Å². The largest absolute Gasteiger partial charge is 0.463 e. The zero-order chi connectivity index (χ0) is 17.0. The third kappa shape index (κ3) is 3.52. The molecule has 1 heterocycles. The van der Waals surface area contributed by atoms with Gasteiger partial charge in [-0.3, -0.25) is 0 Å². The van der Waals surface area contributed by atoms with Gasteiger partial charge in [-0.05, 0) is 24.6 Å². The highest BCUT2D eigenvalue weighted by Crippen LogP contribution is 2.40. The lowest BCUT2D eigenvalue weighted by Crippen LogP contribution is -2.26. The summed E-state index contributed by atoms with van der Waals surface area (Å²) in [6.45, 7) is 1.90. The van der Waals surface area contributed by atoms with Crippen LogP contribution in [-0.2, 0) is 14.3 Å². The van der Waals surface area contributed by atoms with E-state index in [9.17, 15) is 10.1 Å². The molecule has 23 heavy (non-hydrogen) atoms. The normalized spacial score (nSPS) is 17.6. The van der Waals surface area contributed by atoms with Crippen LogP contribution in [0.5, 0.6) is 0 Å². The summed E-state index contributed by atoms with van der Waals surface area (Å²) < 4.78 is 11.3. The molecule has 0 bridgehead atoms. The lowest BCUT2D eigenvalue weighted by molar-refractivity contribution is -0.139.